The molecule has 0 saturated heterocycles. The zero-order valence-corrected chi connectivity index (χ0v) is 12.3. The summed E-state index contributed by atoms with van der Waals surface area (Å²) in [6.07, 6.45) is 0.881. The zero-order valence-electron chi connectivity index (χ0n) is 12.3. The van der Waals surface area contributed by atoms with Crippen LogP contribution in [0, 0.1) is 5.82 Å². The molecule has 21 heavy (non-hydrogen) atoms. The molecule has 0 aromatic heterocycles. The van der Waals surface area contributed by atoms with E-state index in [1.54, 1.807) is 17.0 Å². The molecule has 1 aromatic carbocycles. The monoisotopic (exact) mass is 290 g/mol. The van der Waals surface area contributed by atoms with Crippen molar-refractivity contribution >= 4 is 5.91 Å². The SMILES string of the molecule is CCN(CC)C(=O)[C@]1(c2cccc(F)c2)C[C@@H](N=[N+]=[N-])C1. The molecule has 6 heteroatoms. The first-order valence-corrected chi connectivity index (χ1v) is 7.17. The minimum absolute atomic E-state index is 0.0116. The number of rotatable bonds is 5. The molecule has 1 aromatic rings. The smallest absolute Gasteiger partial charge is 0.233 e. The number of benzene rings is 1. The summed E-state index contributed by atoms with van der Waals surface area (Å²) < 4.78 is 13.5. The Hall–Kier alpha value is -2.07. The van der Waals surface area contributed by atoms with Crippen LogP contribution in [-0.4, -0.2) is 29.9 Å². The highest BCUT2D eigenvalue weighted by molar-refractivity contribution is 5.89. The van der Waals surface area contributed by atoms with Crippen LogP contribution >= 0.6 is 0 Å². The van der Waals surface area contributed by atoms with Crippen LogP contribution in [-0.2, 0) is 10.2 Å². The number of halogens is 1. The van der Waals surface area contributed by atoms with E-state index in [0.717, 1.165) is 0 Å². The van der Waals surface area contributed by atoms with Crippen LogP contribution in [0.2, 0.25) is 0 Å². The molecular weight excluding hydrogens is 271 g/mol. The molecule has 0 radical (unpaired) electrons. The van der Waals surface area contributed by atoms with Gasteiger partial charge in [0.05, 0.1) is 5.41 Å². The Bertz CT molecular complexity index is 573. The van der Waals surface area contributed by atoms with Crippen LogP contribution in [0.1, 0.15) is 32.3 Å². The summed E-state index contributed by atoms with van der Waals surface area (Å²) in [7, 11) is 0. The van der Waals surface area contributed by atoms with E-state index in [4.69, 9.17) is 5.53 Å². The van der Waals surface area contributed by atoms with Gasteiger partial charge >= 0.3 is 0 Å². The second-order valence-electron chi connectivity index (χ2n) is 5.34. The summed E-state index contributed by atoms with van der Waals surface area (Å²) >= 11 is 0. The second-order valence-corrected chi connectivity index (χ2v) is 5.34. The number of azide groups is 1. The third-order valence-electron chi connectivity index (χ3n) is 4.22. The van der Waals surface area contributed by atoms with Gasteiger partial charge in [0, 0.05) is 24.0 Å². The lowest BCUT2D eigenvalue weighted by molar-refractivity contribution is -0.141. The third kappa shape index (κ3) is 2.72. The maximum absolute atomic E-state index is 13.5. The van der Waals surface area contributed by atoms with E-state index in [-0.39, 0.29) is 17.8 Å². The Labute approximate surface area is 123 Å². The van der Waals surface area contributed by atoms with E-state index in [1.165, 1.54) is 12.1 Å². The maximum Gasteiger partial charge on any atom is 0.233 e. The van der Waals surface area contributed by atoms with Crippen LogP contribution in [0.4, 0.5) is 4.39 Å². The largest absolute Gasteiger partial charge is 0.342 e. The van der Waals surface area contributed by atoms with Crippen LogP contribution in [0.5, 0.6) is 0 Å². The van der Waals surface area contributed by atoms with E-state index in [0.29, 0.717) is 31.5 Å². The molecule has 1 aliphatic rings. The van der Waals surface area contributed by atoms with Gasteiger partial charge in [-0.25, -0.2) is 4.39 Å². The standard InChI is InChI=1S/C15H19FN4O/c1-3-20(4-2)14(21)15(9-13(10-15)18-19-17)11-6-5-7-12(16)8-11/h5-8,13H,3-4,9-10H2,1-2H3/t13-,15-. The van der Waals surface area contributed by atoms with Crippen LogP contribution in [0.3, 0.4) is 0 Å². The lowest BCUT2D eigenvalue weighted by atomic mass is 9.61. The van der Waals surface area contributed by atoms with Gasteiger partial charge in [-0.15, -0.1) is 0 Å². The van der Waals surface area contributed by atoms with Gasteiger partial charge in [-0.05, 0) is 49.9 Å². The quantitative estimate of drug-likeness (QED) is 0.465. The molecule has 0 N–H and O–H groups in total. The Kier molecular flexibility index (Phi) is 4.48. The molecule has 0 unspecified atom stereocenters. The number of nitrogens with zero attached hydrogens (tertiary/aromatic N) is 4. The molecule has 5 nitrogen and oxygen atoms in total. The fraction of sp³-hybridized carbons (Fsp3) is 0.533. The van der Waals surface area contributed by atoms with Crippen molar-refractivity contribution in [1.29, 1.82) is 0 Å². The maximum atomic E-state index is 13.5. The zero-order chi connectivity index (χ0) is 15.5. The summed E-state index contributed by atoms with van der Waals surface area (Å²) in [4.78, 5) is 17.4. The molecule has 0 atom stereocenters. The van der Waals surface area contributed by atoms with Gasteiger partial charge in [-0.1, -0.05) is 17.2 Å². The Morgan fingerprint density at radius 3 is 2.67 bits per heavy atom. The molecule has 1 aliphatic carbocycles. The normalized spacial score (nSPS) is 23.9. The van der Waals surface area contributed by atoms with Crippen molar-refractivity contribution in [3.8, 4) is 0 Å². The highest BCUT2D eigenvalue weighted by Crippen LogP contribution is 2.47. The van der Waals surface area contributed by atoms with Crippen molar-refractivity contribution < 1.29 is 9.18 Å². The average molecular weight is 290 g/mol. The Morgan fingerprint density at radius 2 is 2.14 bits per heavy atom. The molecule has 0 aliphatic heterocycles. The Morgan fingerprint density at radius 1 is 1.48 bits per heavy atom. The van der Waals surface area contributed by atoms with Gasteiger partial charge in [0.15, 0.2) is 0 Å². The first-order chi connectivity index (χ1) is 10.1. The van der Waals surface area contributed by atoms with Crippen LogP contribution in [0.25, 0.3) is 10.4 Å². The van der Waals surface area contributed by atoms with Gasteiger partial charge in [-0.3, -0.25) is 4.79 Å². The highest BCUT2D eigenvalue weighted by Gasteiger charge is 2.52. The Balaban J connectivity index is 2.37. The average Bonchev–Trinajstić information content (AvgIpc) is 2.43. The first-order valence-electron chi connectivity index (χ1n) is 7.17. The predicted molar refractivity (Wildman–Crippen MR) is 78.2 cm³/mol. The van der Waals surface area contributed by atoms with E-state index < -0.39 is 5.41 Å². The molecular formula is C15H19FN4O. The summed E-state index contributed by atoms with van der Waals surface area (Å²) in [5.74, 6) is -0.367. The lowest BCUT2D eigenvalue weighted by Gasteiger charge is -2.47. The van der Waals surface area contributed by atoms with Gasteiger partial charge < -0.3 is 4.90 Å². The van der Waals surface area contributed by atoms with Gasteiger partial charge in [0.25, 0.3) is 0 Å². The van der Waals surface area contributed by atoms with Crippen molar-refractivity contribution in [3.05, 3.63) is 46.1 Å². The van der Waals surface area contributed by atoms with Gasteiger partial charge in [0.1, 0.15) is 5.82 Å². The number of likely N-dealkylation sites (N-methyl/N-ethyl adjacent to an activating group) is 1. The summed E-state index contributed by atoms with van der Waals surface area (Å²) in [6, 6.07) is 5.97. The van der Waals surface area contributed by atoms with Crippen molar-refractivity contribution in [2.75, 3.05) is 13.1 Å². The first kappa shape index (κ1) is 15.3. The summed E-state index contributed by atoms with van der Waals surface area (Å²) in [6.45, 7) is 5.06. The number of amides is 1. The number of carbonyl (C=O) groups excluding carboxylic acids is 1. The molecule has 112 valence electrons. The number of hydrogen-bond donors (Lipinski definition) is 0. The summed E-state index contributed by atoms with van der Waals surface area (Å²) in [5, 5.41) is 3.68. The minimum atomic E-state index is -0.757. The highest BCUT2D eigenvalue weighted by atomic mass is 19.1. The third-order valence-corrected chi connectivity index (χ3v) is 4.22. The van der Waals surface area contributed by atoms with Crippen molar-refractivity contribution in [2.45, 2.75) is 38.1 Å². The molecule has 1 amide bonds. The molecule has 0 bridgehead atoms. The number of carbonyl (C=O) groups is 1. The van der Waals surface area contributed by atoms with E-state index in [1.807, 2.05) is 13.8 Å². The van der Waals surface area contributed by atoms with E-state index in [9.17, 15) is 9.18 Å². The molecule has 1 saturated carbocycles. The molecule has 1 fully saturated rings. The summed E-state index contributed by atoms with van der Waals surface area (Å²) in [5.41, 5.74) is 8.44. The van der Waals surface area contributed by atoms with Crippen molar-refractivity contribution in [1.82, 2.24) is 4.90 Å². The fourth-order valence-electron chi connectivity index (χ4n) is 3.03. The van der Waals surface area contributed by atoms with Crippen LogP contribution < -0.4 is 0 Å². The van der Waals surface area contributed by atoms with Gasteiger partial charge in [0.2, 0.25) is 5.91 Å². The second kappa shape index (κ2) is 6.14. The van der Waals surface area contributed by atoms with Crippen LogP contribution in [0.15, 0.2) is 29.4 Å². The predicted octanol–water partition coefficient (Wildman–Crippen LogP) is 3.40. The number of hydrogen-bond acceptors (Lipinski definition) is 2. The lowest BCUT2D eigenvalue weighted by Crippen LogP contribution is -2.55. The van der Waals surface area contributed by atoms with E-state index >= 15 is 0 Å². The molecule has 2 rings (SSSR count). The molecule has 0 spiro atoms. The van der Waals surface area contributed by atoms with E-state index in [2.05, 4.69) is 10.0 Å². The van der Waals surface area contributed by atoms with Gasteiger partial charge in [-0.2, -0.15) is 0 Å². The van der Waals surface area contributed by atoms with Crippen molar-refractivity contribution in [3.63, 3.8) is 0 Å². The van der Waals surface area contributed by atoms with Crippen molar-refractivity contribution in [2.24, 2.45) is 5.11 Å². The minimum Gasteiger partial charge on any atom is -0.342 e. The molecule has 0 heterocycles. The topological polar surface area (TPSA) is 69.1 Å². The fourth-order valence-corrected chi connectivity index (χ4v) is 3.03.